The third kappa shape index (κ3) is 4.45. The molecule has 0 atom stereocenters. The first-order chi connectivity index (χ1) is 10.3. The number of fused-ring (bicyclic) bond motifs is 1. The molecule has 1 aromatic heterocycles. The second kappa shape index (κ2) is 6.66. The molecule has 2 rings (SSSR count). The average molecular weight is 326 g/mol. The fourth-order valence-electron chi connectivity index (χ4n) is 2.22. The molecule has 0 saturated carbocycles. The summed E-state index contributed by atoms with van der Waals surface area (Å²) in [5.41, 5.74) is 0.689. The molecule has 22 heavy (non-hydrogen) atoms. The van der Waals surface area contributed by atoms with Crippen LogP contribution in [-0.2, 0) is 22.6 Å². The highest BCUT2D eigenvalue weighted by molar-refractivity contribution is 7.14. The maximum Gasteiger partial charge on any atom is 0.407 e. The standard InChI is InChI=1S/C15H22N2O4S/c1-15(2,3)21-14(19)16-5-6-17-8-10-7-11(13(18)20-4)22-12(10)9-17/h7H,5-6,8-9H2,1-4H3,(H,16,19). The van der Waals surface area contributed by atoms with E-state index in [1.54, 1.807) is 0 Å². The van der Waals surface area contributed by atoms with Crippen LogP contribution in [0.2, 0.25) is 0 Å². The molecule has 1 aliphatic heterocycles. The number of carbonyl (C=O) groups excluding carboxylic acids is 2. The van der Waals surface area contributed by atoms with Crippen LogP contribution < -0.4 is 5.32 Å². The van der Waals surface area contributed by atoms with Crippen LogP contribution in [0.1, 0.15) is 40.9 Å². The summed E-state index contributed by atoms with van der Waals surface area (Å²) in [5, 5.41) is 2.75. The maximum atomic E-state index is 11.6. The highest BCUT2D eigenvalue weighted by Crippen LogP contribution is 2.31. The van der Waals surface area contributed by atoms with E-state index in [2.05, 4.69) is 10.2 Å². The van der Waals surface area contributed by atoms with Crippen molar-refractivity contribution in [1.82, 2.24) is 10.2 Å². The third-order valence-corrected chi connectivity index (χ3v) is 4.28. The van der Waals surface area contributed by atoms with Crippen molar-refractivity contribution in [3.63, 3.8) is 0 Å². The highest BCUT2D eigenvalue weighted by Gasteiger charge is 2.24. The molecule has 0 unspecified atom stereocenters. The average Bonchev–Trinajstić information content (AvgIpc) is 2.93. The van der Waals surface area contributed by atoms with Crippen molar-refractivity contribution in [3.8, 4) is 0 Å². The Hall–Kier alpha value is -1.60. The smallest absolute Gasteiger partial charge is 0.407 e. The minimum atomic E-state index is -0.480. The number of amides is 1. The van der Waals surface area contributed by atoms with Gasteiger partial charge in [0, 0.05) is 31.1 Å². The first-order valence-electron chi connectivity index (χ1n) is 7.17. The van der Waals surface area contributed by atoms with Gasteiger partial charge in [0.05, 0.1) is 7.11 Å². The van der Waals surface area contributed by atoms with Gasteiger partial charge in [0.1, 0.15) is 10.5 Å². The van der Waals surface area contributed by atoms with E-state index in [9.17, 15) is 9.59 Å². The van der Waals surface area contributed by atoms with Crippen molar-refractivity contribution in [2.75, 3.05) is 20.2 Å². The summed E-state index contributed by atoms with van der Waals surface area (Å²) in [6.07, 6.45) is -0.394. The molecule has 1 N–H and O–H groups in total. The van der Waals surface area contributed by atoms with Gasteiger partial charge in [-0.3, -0.25) is 4.90 Å². The molecular weight excluding hydrogens is 304 g/mol. The van der Waals surface area contributed by atoms with E-state index in [-0.39, 0.29) is 5.97 Å². The number of esters is 1. The van der Waals surface area contributed by atoms with E-state index in [0.717, 1.165) is 19.6 Å². The Labute approximate surface area is 134 Å². The summed E-state index contributed by atoms with van der Waals surface area (Å²) in [4.78, 5) is 27.1. The molecule has 6 nitrogen and oxygen atoms in total. The van der Waals surface area contributed by atoms with Gasteiger partial charge in [-0.05, 0) is 32.4 Å². The summed E-state index contributed by atoms with van der Waals surface area (Å²) in [6, 6.07) is 1.90. The Bertz CT molecular complexity index is 539. The summed E-state index contributed by atoms with van der Waals surface area (Å²) in [5.74, 6) is -0.280. The van der Waals surface area contributed by atoms with Crippen molar-refractivity contribution >= 4 is 23.4 Å². The zero-order valence-electron chi connectivity index (χ0n) is 13.4. The molecule has 0 saturated heterocycles. The molecule has 122 valence electrons. The molecule has 1 amide bonds. The molecule has 1 aliphatic rings. The summed E-state index contributed by atoms with van der Waals surface area (Å²) in [6.45, 7) is 8.38. The van der Waals surface area contributed by atoms with E-state index in [1.807, 2.05) is 26.8 Å². The molecule has 0 bridgehead atoms. The predicted octanol–water partition coefficient (Wildman–Crippen LogP) is 2.38. The minimum absolute atomic E-state index is 0.280. The van der Waals surface area contributed by atoms with Gasteiger partial charge in [-0.2, -0.15) is 0 Å². The fraction of sp³-hybridized carbons (Fsp3) is 0.600. The van der Waals surface area contributed by atoms with Gasteiger partial charge in [0.2, 0.25) is 0 Å². The number of alkyl carbamates (subject to hydrolysis) is 1. The predicted molar refractivity (Wildman–Crippen MR) is 84.0 cm³/mol. The maximum absolute atomic E-state index is 11.6. The van der Waals surface area contributed by atoms with Crippen molar-refractivity contribution in [1.29, 1.82) is 0 Å². The number of thiophene rings is 1. The van der Waals surface area contributed by atoms with E-state index in [1.165, 1.54) is 28.9 Å². The number of methoxy groups -OCH3 is 1. The highest BCUT2D eigenvalue weighted by atomic mass is 32.1. The summed E-state index contributed by atoms with van der Waals surface area (Å²) < 4.78 is 9.91. The van der Waals surface area contributed by atoms with Crippen LogP contribution in [0.3, 0.4) is 0 Å². The Morgan fingerprint density at radius 2 is 2.09 bits per heavy atom. The number of hydrogen-bond donors (Lipinski definition) is 1. The molecule has 1 aromatic rings. The van der Waals surface area contributed by atoms with Gasteiger partial charge in [-0.1, -0.05) is 0 Å². The van der Waals surface area contributed by atoms with E-state index in [0.29, 0.717) is 11.4 Å². The Morgan fingerprint density at radius 3 is 2.68 bits per heavy atom. The summed E-state index contributed by atoms with van der Waals surface area (Å²) in [7, 11) is 1.39. The zero-order chi connectivity index (χ0) is 16.3. The van der Waals surface area contributed by atoms with Crippen LogP contribution in [-0.4, -0.2) is 42.8 Å². The van der Waals surface area contributed by atoms with E-state index >= 15 is 0 Å². The molecule has 7 heteroatoms. The molecule has 0 spiro atoms. The van der Waals surface area contributed by atoms with Gasteiger partial charge in [-0.15, -0.1) is 11.3 Å². The molecule has 0 fully saturated rings. The molecule has 0 radical (unpaired) electrons. The number of hydrogen-bond acceptors (Lipinski definition) is 6. The molecule has 0 aromatic carbocycles. The fourth-order valence-corrected chi connectivity index (χ4v) is 3.36. The van der Waals surface area contributed by atoms with Gasteiger partial charge in [-0.25, -0.2) is 9.59 Å². The van der Waals surface area contributed by atoms with E-state index in [4.69, 9.17) is 9.47 Å². The quantitative estimate of drug-likeness (QED) is 0.861. The van der Waals surface area contributed by atoms with E-state index < -0.39 is 11.7 Å². The van der Waals surface area contributed by atoms with Crippen LogP contribution in [0.5, 0.6) is 0 Å². The minimum Gasteiger partial charge on any atom is -0.465 e. The Kier molecular flexibility index (Phi) is 5.08. The number of nitrogens with zero attached hydrogens (tertiary/aromatic N) is 1. The molecular formula is C15H22N2O4S. The lowest BCUT2D eigenvalue weighted by atomic mass is 10.2. The first-order valence-corrected chi connectivity index (χ1v) is 7.99. The summed E-state index contributed by atoms with van der Waals surface area (Å²) >= 11 is 1.48. The topological polar surface area (TPSA) is 67.9 Å². The van der Waals surface area contributed by atoms with Gasteiger partial charge in [0.15, 0.2) is 0 Å². The monoisotopic (exact) mass is 326 g/mol. The van der Waals surface area contributed by atoms with Crippen LogP contribution in [0.25, 0.3) is 0 Å². The largest absolute Gasteiger partial charge is 0.465 e. The number of nitrogens with one attached hydrogen (secondary N) is 1. The third-order valence-electron chi connectivity index (χ3n) is 3.14. The SMILES string of the molecule is COC(=O)c1cc2c(s1)CN(CCNC(=O)OC(C)(C)C)C2. The number of carbonyl (C=O) groups is 2. The first kappa shape index (κ1) is 16.8. The van der Waals surface area contributed by atoms with Gasteiger partial charge < -0.3 is 14.8 Å². The van der Waals surface area contributed by atoms with Crippen molar-refractivity contribution in [2.24, 2.45) is 0 Å². The van der Waals surface area contributed by atoms with Gasteiger partial charge in [0.25, 0.3) is 0 Å². The van der Waals surface area contributed by atoms with Crippen molar-refractivity contribution in [3.05, 3.63) is 21.4 Å². The second-order valence-corrected chi connectivity index (χ2v) is 7.33. The lowest BCUT2D eigenvalue weighted by molar-refractivity contribution is 0.0520. The van der Waals surface area contributed by atoms with Crippen LogP contribution >= 0.6 is 11.3 Å². The molecule has 0 aliphatic carbocycles. The van der Waals surface area contributed by atoms with Gasteiger partial charge >= 0.3 is 12.1 Å². The lowest BCUT2D eigenvalue weighted by Gasteiger charge is -2.20. The molecule has 2 heterocycles. The van der Waals surface area contributed by atoms with Crippen LogP contribution in [0, 0.1) is 0 Å². The lowest BCUT2D eigenvalue weighted by Crippen LogP contribution is -2.36. The van der Waals surface area contributed by atoms with Crippen molar-refractivity contribution < 1.29 is 19.1 Å². The second-order valence-electron chi connectivity index (χ2n) is 6.19. The number of ether oxygens (including phenoxy) is 2. The van der Waals surface area contributed by atoms with Crippen LogP contribution in [0.4, 0.5) is 4.79 Å². The Morgan fingerprint density at radius 1 is 1.36 bits per heavy atom. The van der Waals surface area contributed by atoms with Crippen LogP contribution in [0.15, 0.2) is 6.07 Å². The Balaban J connectivity index is 1.75. The normalized spacial score (nSPS) is 14.5. The van der Waals surface area contributed by atoms with Crippen molar-refractivity contribution in [2.45, 2.75) is 39.5 Å². The zero-order valence-corrected chi connectivity index (χ0v) is 14.2. The number of rotatable bonds is 4.